The van der Waals surface area contributed by atoms with Crippen LogP contribution in [0.5, 0.6) is 5.75 Å². The Bertz CT molecular complexity index is 518. The van der Waals surface area contributed by atoms with Crippen LogP contribution in [0.4, 0.5) is 4.79 Å². The molecule has 2 fully saturated rings. The first-order chi connectivity index (χ1) is 11.8. The SMILES string of the molecule is COc1ccc(CNC(=O)N2CCN(C3CCCCC3)CC2)cc1. The zero-order valence-electron chi connectivity index (χ0n) is 14.7. The highest BCUT2D eigenvalue weighted by atomic mass is 16.5. The summed E-state index contributed by atoms with van der Waals surface area (Å²) < 4.78 is 5.15. The molecule has 0 atom stereocenters. The Labute approximate surface area is 145 Å². The Balaban J connectivity index is 1.41. The van der Waals surface area contributed by atoms with Crippen LogP contribution >= 0.6 is 0 Å². The lowest BCUT2D eigenvalue weighted by Gasteiger charge is -2.40. The molecule has 0 unspecified atom stereocenters. The van der Waals surface area contributed by atoms with Crippen LogP contribution in [0.15, 0.2) is 24.3 Å². The molecule has 5 heteroatoms. The summed E-state index contributed by atoms with van der Waals surface area (Å²) in [4.78, 5) is 16.9. The first-order valence-corrected chi connectivity index (χ1v) is 9.16. The second-order valence-corrected chi connectivity index (χ2v) is 6.82. The molecule has 1 heterocycles. The van der Waals surface area contributed by atoms with Crippen molar-refractivity contribution in [3.05, 3.63) is 29.8 Å². The van der Waals surface area contributed by atoms with Crippen LogP contribution in [0.25, 0.3) is 0 Å². The fraction of sp³-hybridized carbons (Fsp3) is 0.632. The van der Waals surface area contributed by atoms with Gasteiger partial charge in [0, 0.05) is 38.8 Å². The Kier molecular flexibility index (Phi) is 5.96. The molecule has 0 spiro atoms. The number of nitrogens with zero attached hydrogens (tertiary/aromatic N) is 2. The fourth-order valence-electron chi connectivity index (χ4n) is 3.77. The maximum absolute atomic E-state index is 12.3. The normalized spacial score (nSPS) is 20.0. The number of hydrogen-bond donors (Lipinski definition) is 1. The molecule has 1 aliphatic carbocycles. The van der Waals surface area contributed by atoms with E-state index in [2.05, 4.69) is 10.2 Å². The molecule has 2 aliphatic rings. The van der Waals surface area contributed by atoms with E-state index in [-0.39, 0.29) is 6.03 Å². The maximum atomic E-state index is 12.3. The van der Waals surface area contributed by atoms with Gasteiger partial charge in [-0.15, -0.1) is 0 Å². The number of ether oxygens (including phenoxy) is 1. The van der Waals surface area contributed by atoms with Gasteiger partial charge in [0.1, 0.15) is 5.75 Å². The third kappa shape index (κ3) is 4.41. The van der Waals surface area contributed by atoms with Crippen LogP contribution in [-0.4, -0.2) is 55.2 Å². The second-order valence-electron chi connectivity index (χ2n) is 6.82. The van der Waals surface area contributed by atoms with Gasteiger partial charge in [0.2, 0.25) is 0 Å². The summed E-state index contributed by atoms with van der Waals surface area (Å²) >= 11 is 0. The van der Waals surface area contributed by atoms with Crippen molar-refractivity contribution in [2.75, 3.05) is 33.3 Å². The highest BCUT2D eigenvalue weighted by Crippen LogP contribution is 2.23. The zero-order chi connectivity index (χ0) is 16.8. The van der Waals surface area contributed by atoms with Crippen molar-refractivity contribution < 1.29 is 9.53 Å². The highest BCUT2D eigenvalue weighted by Gasteiger charge is 2.26. The molecule has 0 aromatic heterocycles. The molecule has 2 amide bonds. The molecular formula is C19H29N3O2. The van der Waals surface area contributed by atoms with Gasteiger partial charge in [0.15, 0.2) is 0 Å². The summed E-state index contributed by atoms with van der Waals surface area (Å²) in [6.45, 7) is 4.27. The molecule has 1 N–H and O–H groups in total. The Morgan fingerprint density at radius 2 is 1.75 bits per heavy atom. The zero-order valence-corrected chi connectivity index (χ0v) is 14.7. The van der Waals surface area contributed by atoms with Crippen LogP contribution in [0.2, 0.25) is 0 Å². The monoisotopic (exact) mass is 331 g/mol. The van der Waals surface area contributed by atoms with E-state index >= 15 is 0 Å². The molecule has 3 rings (SSSR count). The number of urea groups is 1. The number of carbonyl (C=O) groups excluding carboxylic acids is 1. The van der Waals surface area contributed by atoms with Crippen molar-refractivity contribution in [3.63, 3.8) is 0 Å². The number of carbonyl (C=O) groups is 1. The molecular weight excluding hydrogens is 302 g/mol. The summed E-state index contributed by atoms with van der Waals surface area (Å²) in [7, 11) is 1.66. The average molecular weight is 331 g/mol. The van der Waals surface area contributed by atoms with Crippen molar-refractivity contribution in [2.24, 2.45) is 0 Å². The van der Waals surface area contributed by atoms with Crippen molar-refractivity contribution >= 4 is 6.03 Å². The lowest BCUT2D eigenvalue weighted by Crippen LogP contribution is -2.54. The molecule has 132 valence electrons. The number of rotatable bonds is 4. The third-order valence-corrected chi connectivity index (χ3v) is 5.30. The van der Waals surface area contributed by atoms with E-state index < -0.39 is 0 Å². The smallest absolute Gasteiger partial charge is 0.317 e. The third-order valence-electron chi connectivity index (χ3n) is 5.30. The van der Waals surface area contributed by atoms with Gasteiger partial charge in [-0.3, -0.25) is 4.90 Å². The summed E-state index contributed by atoms with van der Waals surface area (Å²) in [5.41, 5.74) is 1.09. The molecule has 0 bridgehead atoms. The minimum Gasteiger partial charge on any atom is -0.497 e. The Morgan fingerprint density at radius 3 is 2.38 bits per heavy atom. The van der Waals surface area contributed by atoms with Gasteiger partial charge in [0.25, 0.3) is 0 Å². The van der Waals surface area contributed by atoms with Crippen molar-refractivity contribution in [1.29, 1.82) is 0 Å². The first-order valence-electron chi connectivity index (χ1n) is 9.16. The van der Waals surface area contributed by atoms with Crippen LogP contribution < -0.4 is 10.1 Å². The van der Waals surface area contributed by atoms with Crippen molar-refractivity contribution in [1.82, 2.24) is 15.1 Å². The number of nitrogens with one attached hydrogen (secondary N) is 1. The number of hydrogen-bond acceptors (Lipinski definition) is 3. The standard InChI is InChI=1S/C19H29N3O2/c1-24-18-9-7-16(8-10-18)15-20-19(23)22-13-11-21(12-14-22)17-5-3-2-4-6-17/h7-10,17H,2-6,11-15H2,1H3,(H,20,23). The minimum atomic E-state index is 0.0501. The Hall–Kier alpha value is -1.75. The topological polar surface area (TPSA) is 44.8 Å². The molecule has 0 radical (unpaired) electrons. The number of benzene rings is 1. The first kappa shape index (κ1) is 17.1. The minimum absolute atomic E-state index is 0.0501. The Morgan fingerprint density at radius 1 is 1.08 bits per heavy atom. The summed E-state index contributed by atoms with van der Waals surface area (Å²) in [5.74, 6) is 0.837. The van der Waals surface area contributed by atoms with Crippen molar-refractivity contribution in [3.8, 4) is 5.75 Å². The van der Waals surface area contributed by atoms with Gasteiger partial charge < -0.3 is 15.0 Å². The predicted molar refractivity (Wildman–Crippen MR) is 95.2 cm³/mol. The van der Waals surface area contributed by atoms with Crippen LogP contribution in [0, 0.1) is 0 Å². The van der Waals surface area contributed by atoms with Crippen molar-refractivity contribution in [2.45, 2.75) is 44.7 Å². The number of piperazine rings is 1. The highest BCUT2D eigenvalue weighted by molar-refractivity contribution is 5.74. The van der Waals surface area contributed by atoms with E-state index in [9.17, 15) is 4.79 Å². The molecule has 1 aromatic rings. The summed E-state index contributed by atoms with van der Waals surface area (Å²) in [6.07, 6.45) is 6.80. The molecule has 1 aliphatic heterocycles. The van der Waals surface area contributed by atoms with Crippen LogP contribution in [0.3, 0.4) is 0 Å². The molecule has 24 heavy (non-hydrogen) atoms. The quantitative estimate of drug-likeness (QED) is 0.923. The van der Waals surface area contributed by atoms with Gasteiger partial charge >= 0.3 is 6.03 Å². The van der Waals surface area contributed by atoms with E-state index in [1.807, 2.05) is 29.2 Å². The van der Waals surface area contributed by atoms with Crippen LogP contribution in [-0.2, 0) is 6.54 Å². The lowest BCUT2D eigenvalue weighted by atomic mass is 9.94. The van der Waals surface area contributed by atoms with E-state index in [1.165, 1.54) is 32.1 Å². The second kappa shape index (κ2) is 8.38. The van der Waals surface area contributed by atoms with Gasteiger partial charge in [-0.2, -0.15) is 0 Å². The van der Waals surface area contributed by atoms with E-state index in [0.717, 1.165) is 43.5 Å². The predicted octanol–water partition coefficient (Wildman–Crippen LogP) is 2.86. The average Bonchev–Trinajstić information content (AvgIpc) is 2.67. The summed E-state index contributed by atoms with van der Waals surface area (Å²) in [6, 6.07) is 8.62. The molecule has 5 nitrogen and oxygen atoms in total. The van der Waals surface area contributed by atoms with Crippen LogP contribution in [0.1, 0.15) is 37.7 Å². The van der Waals surface area contributed by atoms with Gasteiger partial charge in [-0.1, -0.05) is 31.4 Å². The van der Waals surface area contributed by atoms with Gasteiger partial charge in [0.05, 0.1) is 7.11 Å². The molecule has 1 saturated carbocycles. The van der Waals surface area contributed by atoms with E-state index in [1.54, 1.807) is 7.11 Å². The fourth-order valence-corrected chi connectivity index (χ4v) is 3.77. The largest absolute Gasteiger partial charge is 0.497 e. The van der Waals surface area contributed by atoms with E-state index in [0.29, 0.717) is 6.54 Å². The number of amides is 2. The number of methoxy groups -OCH3 is 1. The maximum Gasteiger partial charge on any atom is 0.317 e. The van der Waals surface area contributed by atoms with Gasteiger partial charge in [-0.25, -0.2) is 4.79 Å². The molecule has 1 saturated heterocycles. The van der Waals surface area contributed by atoms with Gasteiger partial charge in [-0.05, 0) is 30.5 Å². The lowest BCUT2D eigenvalue weighted by molar-refractivity contribution is 0.0905. The van der Waals surface area contributed by atoms with E-state index in [4.69, 9.17) is 4.74 Å². The molecule has 1 aromatic carbocycles. The summed E-state index contributed by atoms with van der Waals surface area (Å²) in [5, 5.41) is 3.03.